The van der Waals surface area contributed by atoms with Crippen LogP contribution in [0.3, 0.4) is 0 Å². The van der Waals surface area contributed by atoms with Gasteiger partial charge in [0.15, 0.2) is 0 Å². The molecule has 2 aliphatic heterocycles. The molecular weight excluding hydrogens is 693 g/mol. The highest BCUT2D eigenvalue weighted by molar-refractivity contribution is 6.07. The molecule has 0 spiro atoms. The van der Waals surface area contributed by atoms with E-state index < -0.39 is 41.3 Å². The van der Waals surface area contributed by atoms with Crippen molar-refractivity contribution in [3.05, 3.63) is 120 Å². The summed E-state index contributed by atoms with van der Waals surface area (Å²) in [5.41, 5.74) is 5.34. The highest BCUT2D eigenvalue weighted by atomic mass is 16.6. The van der Waals surface area contributed by atoms with E-state index in [1.165, 1.54) is 17.4 Å². The lowest BCUT2D eigenvalue weighted by atomic mass is 9.96. The summed E-state index contributed by atoms with van der Waals surface area (Å²) in [4.78, 5) is 64.3. The first-order valence-corrected chi connectivity index (χ1v) is 18.9. The van der Waals surface area contributed by atoms with Crippen molar-refractivity contribution in [3.8, 4) is 22.3 Å². The number of imide groups is 2. The molecule has 2 fully saturated rings. The zero-order chi connectivity index (χ0) is 39.9. The van der Waals surface area contributed by atoms with E-state index >= 15 is 0 Å². The molecule has 3 atom stereocenters. The molecule has 0 N–H and O–H groups in total. The summed E-state index contributed by atoms with van der Waals surface area (Å²) in [6, 6.07) is 36.1. The van der Waals surface area contributed by atoms with Gasteiger partial charge in [0.1, 0.15) is 17.0 Å². The Morgan fingerprint density at radius 2 is 0.982 bits per heavy atom. The van der Waals surface area contributed by atoms with Crippen LogP contribution in [0.5, 0.6) is 0 Å². The number of likely N-dealkylation sites (tertiary alicyclic amines) is 2. The fraction of sp³-hybridized carbons (Fsp3) is 0.370. The molecule has 0 radical (unpaired) electrons. The number of carbonyl (C=O) groups excluding carboxylic acids is 5. The van der Waals surface area contributed by atoms with Crippen LogP contribution < -0.4 is 0 Å². The third-order valence-corrected chi connectivity index (χ3v) is 9.47. The second kappa shape index (κ2) is 17.3. The molecule has 0 aromatic heterocycles. The van der Waals surface area contributed by atoms with Gasteiger partial charge in [-0.05, 0) is 108 Å². The van der Waals surface area contributed by atoms with Crippen molar-refractivity contribution >= 4 is 29.8 Å². The molecule has 0 aliphatic carbocycles. The molecule has 6 rings (SSSR count). The number of carbonyl (C=O) groups is 5. The number of amides is 4. The largest absolute Gasteiger partial charge is 0.443 e. The Bertz CT molecular complexity index is 1960. The minimum Gasteiger partial charge on any atom is -0.443 e. The summed E-state index contributed by atoms with van der Waals surface area (Å²) in [5.74, 6) is -1.61. The minimum absolute atomic E-state index is 0.139. The van der Waals surface area contributed by atoms with E-state index in [2.05, 4.69) is 36.4 Å². The van der Waals surface area contributed by atoms with Crippen molar-refractivity contribution in [1.29, 1.82) is 0 Å². The molecule has 55 heavy (non-hydrogen) atoms. The fourth-order valence-electron chi connectivity index (χ4n) is 6.86. The van der Waals surface area contributed by atoms with Gasteiger partial charge in [-0.15, -0.1) is 0 Å². The number of ketones is 1. The number of rotatable bonds is 7. The van der Waals surface area contributed by atoms with E-state index in [4.69, 9.17) is 9.47 Å². The maximum Gasteiger partial charge on any atom is 0.417 e. The van der Waals surface area contributed by atoms with Crippen LogP contribution in [0.2, 0.25) is 0 Å². The predicted octanol–water partition coefficient (Wildman–Crippen LogP) is 9.46. The van der Waals surface area contributed by atoms with E-state index in [1.54, 1.807) is 20.8 Å². The maximum atomic E-state index is 12.7. The number of ether oxygens (including phenoxy) is 2. The van der Waals surface area contributed by atoms with Crippen LogP contribution in [-0.4, -0.2) is 62.9 Å². The molecule has 1 unspecified atom stereocenters. The van der Waals surface area contributed by atoms with Crippen LogP contribution in [-0.2, 0) is 36.7 Å². The minimum atomic E-state index is -0.781. The monoisotopic (exact) mass is 744 g/mol. The first-order chi connectivity index (χ1) is 26.0. The smallest absolute Gasteiger partial charge is 0.417 e. The molecule has 2 heterocycles. The molecule has 2 saturated heterocycles. The topological polar surface area (TPSA) is 110 Å². The third-order valence-electron chi connectivity index (χ3n) is 9.47. The van der Waals surface area contributed by atoms with Crippen molar-refractivity contribution in [2.75, 3.05) is 0 Å². The molecule has 4 aromatic rings. The Morgan fingerprint density at radius 3 is 1.40 bits per heavy atom. The first-order valence-electron chi connectivity index (χ1n) is 18.9. The van der Waals surface area contributed by atoms with E-state index in [0.29, 0.717) is 32.1 Å². The number of hydrogen-bond acceptors (Lipinski definition) is 7. The van der Waals surface area contributed by atoms with Gasteiger partial charge in [-0.1, -0.05) is 109 Å². The fourth-order valence-corrected chi connectivity index (χ4v) is 6.86. The average molecular weight is 745 g/mol. The van der Waals surface area contributed by atoms with Gasteiger partial charge in [0.05, 0.1) is 5.92 Å². The summed E-state index contributed by atoms with van der Waals surface area (Å²) in [6.07, 6.45) is 1.32. The highest BCUT2D eigenvalue weighted by Gasteiger charge is 2.46. The van der Waals surface area contributed by atoms with E-state index in [0.717, 1.165) is 32.7 Å². The second-order valence-corrected chi connectivity index (χ2v) is 16.2. The number of benzene rings is 4. The second-order valence-electron chi connectivity index (χ2n) is 16.2. The Labute approximate surface area is 324 Å². The number of nitrogens with zero attached hydrogens (tertiary/aromatic N) is 2. The molecule has 0 bridgehead atoms. The van der Waals surface area contributed by atoms with E-state index in [9.17, 15) is 24.0 Å². The van der Waals surface area contributed by atoms with Gasteiger partial charge in [0.25, 0.3) is 0 Å². The van der Waals surface area contributed by atoms with Gasteiger partial charge < -0.3 is 9.47 Å². The SMILES string of the molecule is CC(=O)C1C[C@@H](Cc2ccc(-c3ccccc3)cc2)N(C(=O)OC(C)(C)C)C1=O.CC(C)(C)OC(=O)N1C(=O)CC[C@H]1Cc1ccc(-c2ccccc2)cc1. The Morgan fingerprint density at radius 1 is 0.582 bits per heavy atom. The Balaban J connectivity index is 0.000000212. The van der Waals surface area contributed by atoms with Crippen LogP contribution in [0.4, 0.5) is 9.59 Å². The maximum absolute atomic E-state index is 12.7. The normalized spacial score (nSPS) is 18.4. The lowest BCUT2D eigenvalue weighted by Gasteiger charge is -2.27. The van der Waals surface area contributed by atoms with Gasteiger partial charge in [-0.25, -0.2) is 19.4 Å². The molecule has 9 nitrogen and oxygen atoms in total. The van der Waals surface area contributed by atoms with Crippen molar-refractivity contribution in [2.24, 2.45) is 5.92 Å². The lowest BCUT2D eigenvalue weighted by Crippen LogP contribution is -2.43. The van der Waals surface area contributed by atoms with Gasteiger partial charge in [0, 0.05) is 18.5 Å². The summed E-state index contributed by atoms with van der Waals surface area (Å²) in [5, 5.41) is 0. The molecule has 4 amide bonds. The van der Waals surface area contributed by atoms with Crippen LogP contribution in [0.1, 0.15) is 78.9 Å². The zero-order valence-corrected chi connectivity index (χ0v) is 32.9. The summed E-state index contributed by atoms with van der Waals surface area (Å²) >= 11 is 0. The molecule has 4 aromatic carbocycles. The molecule has 9 heteroatoms. The summed E-state index contributed by atoms with van der Waals surface area (Å²) in [7, 11) is 0. The number of Topliss-reactive ketones (excluding diaryl/α,β-unsaturated/α-hetero) is 1. The standard InChI is InChI=1S/C24H27NO4.C22H25NO3/c1-16(26)21-15-20(25(22(21)27)23(28)29-24(2,3)4)14-17-10-12-19(13-11-17)18-8-6-5-7-9-18;1-22(2,3)26-21(25)23-19(13-14-20(23)24)15-16-9-11-18(12-10-16)17-7-5-4-6-8-17/h5-13,20-21H,14-15H2,1-4H3;4-12,19H,13-15H2,1-3H3/t20-,21?;19-/m10/s1. The lowest BCUT2D eigenvalue weighted by molar-refractivity contribution is -0.136. The highest BCUT2D eigenvalue weighted by Crippen LogP contribution is 2.31. The zero-order valence-electron chi connectivity index (χ0n) is 32.9. The van der Waals surface area contributed by atoms with Crippen LogP contribution in [0, 0.1) is 5.92 Å². The first kappa shape index (κ1) is 40.6. The van der Waals surface area contributed by atoms with Crippen LogP contribution in [0.15, 0.2) is 109 Å². The molecule has 288 valence electrons. The van der Waals surface area contributed by atoms with Crippen LogP contribution in [0.25, 0.3) is 22.3 Å². The predicted molar refractivity (Wildman–Crippen MR) is 213 cm³/mol. The Kier molecular flexibility index (Phi) is 12.8. The molecular formula is C46H52N2O7. The van der Waals surface area contributed by atoms with Crippen LogP contribution >= 0.6 is 0 Å². The summed E-state index contributed by atoms with van der Waals surface area (Å²) < 4.78 is 10.8. The van der Waals surface area contributed by atoms with Crippen molar-refractivity contribution in [1.82, 2.24) is 9.80 Å². The number of hydrogen-bond donors (Lipinski definition) is 0. The van der Waals surface area contributed by atoms with Gasteiger partial charge in [-0.3, -0.25) is 14.4 Å². The van der Waals surface area contributed by atoms with Gasteiger partial charge >= 0.3 is 12.2 Å². The van der Waals surface area contributed by atoms with E-state index in [1.807, 2.05) is 93.6 Å². The summed E-state index contributed by atoms with van der Waals surface area (Å²) in [6.45, 7) is 12.1. The third kappa shape index (κ3) is 11.0. The average Bonchev–Trinajstić information content (AvgIpc) is 3.66. The van der Waals surface area contributed by atoms with Crippen molar-refractivity contribution in [3.63, 3.8) is 0 Å². The van der Waals surface area contributed by atoms with E-state index in [-0.39, 0.29) is 17.7 Å². The molecule has 0 saturated carbocycles. The Hall–Kier alpha value is -5.57. The van der Waals surface area contributed by atoms with Crippen molar-refractivity contribution < 1.29 is 33.4 Å². The quantitative estimate of drug-likeness (QED) is 0.173. The van der Waals surface area contributed by atoms with Gasteiger partial charge in [-0.2, -0.15) is 0 Å². The van der Waals surface area contributed by atoms with Crippen molar-refractivity contribution in [2.45, 2.75) is 104 Å². The molecule has 2 aliphatic rings. The van der Waals surface area contributed by atoms with Gasteiger partial charge in [0.2, 0.25) is 11.8 Å².